The predicted molar refractivity (Wildman–Crippen MR) is 75.3 cm³/mol. The van der Waals surface area contributed by atoms with E-state index in [1.54, 1.807) is 0 Å². The predicted octanol–water partition coefficient (Wildman–Crippen LogP) is 0.910. The van der Waals surface area contributed by atoms with Gasteiger partial charge in [0.15, 0.2) is 0 Å². The summed E-state index contributed by atoms with van der Waals surface area (Å²) in [6, 6.07) is 0.383. The molecule has 20 heavy (non-hydrogen) atoms. The maximum atomic E-state index is 11.6. The van der Waals surface area contributed by atoms with Crippen LogP contribution >= 0.6 is 0 Å². The number of hydrogen-bond acceptors (Lipinski definition) is 4. The van der Waals surface area contributed by atoms with Gasteiger partial charge in [-0.05, 0) is 46.5 Å². The van der Waals surface area contributed by atoms with Crippen LogP contribution in [0.5, 0.6) is 0 Å². The Kier molecular flexibility index (Phi) is 4.52. The molecule has 0 radical (unpaired) electrons. The van der Waals surface area contributed by atoms with E-state index >= 15 is 0 Å². The zero-order valence-corrected chi connectivity index (χ0v) is 12.5. The van der Waals surface area contributed by atoms with Gasteiger partial charge >= 0.3 is 6.09 Å². The van der Waals surface area contributed by atoms with Gasteiger partial charge in [-0.15, -0.1) is 0 Å². The fraction of sp³-hybridized carbons (Fsp3) is 0.857. The van der Waals surface area contributed by atoms with Crippen molar-refractivity contribution in [3.8, 4) is 0 Å². The van der Waals surface area contributed by atoms with E-state index in [0.717, 1.165) is 32.2 Å². The number of nitrogens with one attached hydrogen (secondary N) is 3. The molecule has 1 unspecified atom stereocenters. The van der Waals surface area contributed by atoms with E-state index in [9.17, 15) is 9.59 Å². The molecule has 2 rings (SSSR count). The standard InChI is InChI=1S/C14H25N3O3/c1-14(2,3)20-13(19)17-10-7-9(8-10)16-11-5-4-6-15-12(11)18/h9-11,16H,4-8H2,1-3H3,(H,15,18)(H,17,19). The molecule has 1 saturated carbocycles. The second kappa shape index (κ2) is 5.99. The van der Waals surface area contributed by atoms with Crippen LogP contribution in [0.25, 0.3) is 0 Å². The molecule has 1 aliphatic heterocycles. The monoisotopic (exact) mass is 283 g/mol. The summed E-state index contributed by atoms with van der Waals surface area (Å²) in [5.74, 6) is 0.0970. The summed E-state index contributed by atoms with van der Waals surface area (Å²) in [5, 5.41) is 9.07. The van der Waals surface area contributed by atoms with E-state index < -0.39 is 5.60 Å². The number of hydrogen-bond donors (Lipinski definition) is 3. The van der Waals surface area contributed by atoms with Gasteiger partial charge in [0.2, 0.25) is 5.91 Å². The molecule has 1 aliphatic carbocycles. The molecule has 3 N–H and O–H groups in total. The van der Waals surface area contributed by atoms with E-state index in [-0.39, 0.29) is 24.1 Å². The van der Waals surface area contributed by atoms with Gasteiger partial charge in [0.25, 0.3) is 0 Å². The van der Waals surface area contributed by atoms with Crippen LogP contribution in [0.3, 0.4) is 0 Å². The van der Waals surface area contributed by atoms with Gasteiger partial charge in [0, 0.05) is 18.6 Å². The highest BCUT2D eigenvalue weighted by atomic mass is 16.6. The van der Waals surface area contributed by atoms with Crippen LogP contribution in [0, 0.1) is 0 Å². The lowest BCUT2D eigenvalue weighted by Gasteiger charge is -2.39. The molecule has 1 atom stereocenters. The van der Waals surface area contributed by atoms with E-state index in [1.807, 2.05) is 20.8 Å². The van der Waals surface area contributed by atoms with Gasteiger partial charge < -0.3 is 20.7 Å². The number of ether oxygens (including phenoxy) is 1. The number of piperidine rings is 1. The fourth-order valence-electron chi connectivity index (χ4n) is 2.56. The first-order valence-corrected chi connectivity index (χ1v) is 7.37. The van der Waals surface area contributed by atoms with Crippen LogP contribution in [0.15, 0.2) is 0 Å². The number of carbonyl (C=O) groups excluding carboxylic acids is 2. The minimum absolute atomic E-state index is 0.0729. The Morgan fingerprint density at radius 3 is 2.60 bits per heavy atom. The molecule has 2 fully saturated rings. The summed E-state index contributed by atoms with van der Waals surface area (Å²) in [4.78, 5) is 23.2. The molecule has 6 heteroatoms. The van der Waals surface area contributed by atoms with Crippen molar-refractivity contribution in [2.45, 2.75) is 70.2 Å². The molecule has 0 aromatic carbocycles. The smallest absolute Gasteiger partial charge is 0.407 e. The Morgan fingerprint density at radius 2 is 2.00 bits per heavy atom. The molecule has 114 valence electrons. The van der Waals surface area contributed by atoms with Crippen molar-refractivity contribution in [2.75, 3.05) is 6.54 Å². The van der Waals surface area contributed by atoms with Crippen molar-refractivity contribution >= 4 is 12.0 Å². The number of carbonyl (C=O) groups is 2. The molecule has 0 bridgehead atoms. The summed E-state index contributed by atoms with van der Waals surface area (Å²) < 4.78 is 5.21. The van der Waals surface area contributed by atoms with Crippen LogP contribution in [-0.2, 0) is 9.53 Å². The second-order valence-corrected chi connectivity index (χ2v) is 6.66. The van der Waals surface area contributed by atoms with Gasteiger partial charge in [-0.3, -0.25) is 4.79 Å². The normalized spacial score (nSPS) is 30.1. The van der Waals surface area contributed by atoms with Crippen LogP contribution in [0.2, 0.25) is 0 Å². The largest absolute Gasteiger partial charge is 0.444 e. The number of rotatable bonds is 3. The summed E-state index contributed by atoms with van der Waals surface area (Å²) >= 11 is 0. The van der Waals surface area contributed by atoms with Crippen molar-refractivity contribution < 1.29 is 14.3 Å². The summed E-state index contributed by atoms with van der Waals surface area (Å²) in [6.45, 7) is 6.32. The molecular formula is C14H25N3O3. The maximum Gasteiger partial charge on any atom is 0.407 e. The van der Waals surface area contributed by atoms with Gasteiger partial charge in [-0.25, -0.2) is 4.79 Å². The lowest BCUT2D eigenvalue weighted by atomic mass is 9.85. The Labute approximate surface area is 120 Å². The van der Waals surface area contributed by atoms with Crippen LogP contribution in [0.4, 0.5) is 4.79 Å². The Balaban J connectivity index is 1.64. The fourth-order valence-corrected chi connectivity index (χ4v) is 2.56. The summed E-state index contributed by atoms with van der Waals surface area (Å²) in [5.41, 5.74) is -0.467. The zero-order valence-electron chi connectivity index (χ0n) is 12.5. The minimum Gasteiger partial charge on any atom is -0.444 e. The van der Waals surface area contributed by atoms with Gasteiger partial charge in [0.05, 0.1) is 6.04 Å². The van der Waals surface area contributed by atoms with Gasteiger partial charge in [-0.2, -0.15) is 0 Å². The highest BCUT2D eigenvalue weighted by Gasteiger charge is 2.34. The first-order valence-electron chi connectivity index (χ1n) is 7.37. The highest BCUT2D eigenvalue weighted by molar-refractivity contribution is 5.82. The van der Waals surface area contributed by atoms with E-state index in [0.29, 0.717) is 6.04 Å². The molecule has 0 spiro atoms. The van der Waals surface area contributed by atoms with E-state index in [1.165, 1.54) is 0 Å². The van der Waals surface area contributed by atoms with E-state index in [4.69, 9.17) is 4.74 Å². The van der Waals surface area contributed by atoms with Gasteiger partial charge in [0.1, 0.15) is 5.60 Å². The number of amides is 2. The lowest BCUT2D eigenvalue weighted by molar-refractivity contribution is -0.125. The molecule has 0 aromatic heterocycles. The van der Waals surface area contributed by atoms with Crippen molar-refractivity contribution in [3.63, 3.8) is 0 Å². The molecule has 2 amide bonds. The SMILES string of the molecule is CC(C)(C)OC(=O)NC1CC(NC2CCCNC2=O)C1. The topological polar surface area (TPSA) is 79.5 Å². The average molecular weight is 283 g/mol. The zero-order chi connectivity index (χ0) is 14.8. The van der Waals surface area contributed by atoms with E-state index in [2.05, 4.69) is 16.0 Å². The quantitative estimate of drug-likeness (QED) is 0.719. The molecule has 0 aromatic rings. The van der Waals surface area contributed by atoms with Crippen molar-refractivity contribution in [1.82, 2.24) is 16.0 Å². The third-order valence-electron chi connectivity index (χ3n) is 3.58. The summed E-state index contributed by atoms with van der Waals surface area (Å²) in [7, 11) is 0. The third-order valence-corrected chi connectivity index (χ3v) is 3.58. The Hall–Kier alpha value is -1.30. The second-order valence-electron chi connectivity index (χ2n) is 6.66. The molecule has 1 heterocycles. The summed E-state index contributed by atoms with van der Waals surface area (Å²) in [6.07, 6.45) is 3.25. The van der Waals surface area contributed by atoms with Crippen LogP contribution in [-0.4, -0.2) is 42.3 Å². The first-order chi connectivity index (χ1) is 9.33. The van der Waals surface area contributed by atoms with Crippen molar-refractivity contribution in [1.29, 1.82) is 0 Å². The molecular weight excluding hydrogens is 258 g/mol. The highest BCUT2D eigenvalue weighted by Crippen LogP contribution is 2.22. The molecule has 1 saturated heterocycles. The Bertz CT molecular complexity index is 372. The maximum absolute atomic E-state index is 11.6. The average Bonchev–Trinajstić information content (AvgIpc) is 2.26. The van der Waals surface area contributed by atoms with Crippen molar-refractivity contribution in [3.05, 3.63) is 0 Å². The lowest BCUT2D eigenvalue weighted by Crippen LogP contribution is -2.59. The number of alkyl carbamates (subject to hydrolysis) is 1. The minimum atomic E-state index is -0.467. The van der Waals surface area contributed by atoms with Crippen molar-refractivity contribution in [2.24, 2.45) is 0 Å². The molecule has 6 nitrogen and oxygen atoms in total. The Morgan fingerprint density at radius 1 is 1.30 bits per heavy atom. The van der Waals surface area contributed by atoms with Crippen LogP contribution in [0.1, 0.15) is 46.5 Å². The van der Waals surface area contributed by atoms with Crippen LogP contribution < -0.4 is 16.0 Å². The first kappa shape index (κ1) is 15.1. The van der Waals surface area contributed by atoms with Gasteiger partial charge in [-0.1, -0.05) is 0 Å². The third kappa shape index (κ3) is 4.37. The molecule has 2 aliphatic rings.